The van der Waals surface area contributed by atoms with E-state index in [1.807, 2.05) is 6.92 Å². The molecule has 0 radical (unpaired) electrons. The van der Waals surface area contributed by atoms with Gasteiger partial charge in [0.2, 0.25) is 0 Å². The van der Waals surface area contributed by atoms with Crippen LogP contribution in [0, 0.1) is 0 Å². The number of aliphatic hydroxyl groups is 8. The third kappa shape index (κ3) is 18.7. The Balaban J connectivity index is 1.90. The van der Waals surface area contributed by atoms with E-state index in [9.17, 15) is 55.2 Å². The predicted molar refractivity (Wildman–Crippen MR) is 196 cm³/mol. The van der Waals surface area contributed by atoms with E-state index in [0.717, 1.165) is 71.1 Å². The first-order valence-electron chi connectivity index (χ1n) is 20.2. The number of hydrogen-bond donors (Lipinski definition) is 9. The normalized spacial score (nSPS) is 29.7. The number of carbonyl (C=O) groups is 3. The molecule has 0 saturated carbocycles. The van der Waals surface area contributed by atoms with Crippen LogP contribution in [0.1, 0.15) is 123 Å². The van der Waals surface area contributed by atoms with Crippen LogP contribution in [0.5, 0.6) is 0 Å². The molecule has 13 atom stereocenters. The molecule has 18 heteroatoms. The van der Waals surface area contributed by atoms with Crippen molar-refractivity contribution in [2.45, 2.75) is 203 Å². The van der Waals surface area contributed by atoms with Crippen molar-refractivity contribution in [3.8, 4) is 0 Å². The van der Waals surface area contributed by atoms with Gasteiger partial charge >= 0.3 is 17.9 Å². The molecular weight excluding hydrogens is 744 g/mol. The number of esters is 2. The maximum atomic E-state index is 12.8. The van der Waals surface area contributed by atoms with Crippen LogP contribution in [0.3, 0.4) is 0 Å². The summed E-state index contributed by atoms with van der Waals surface area (Å²) >= 11 is 0. The van der Waals surface area contributed by atoms with E-state index in [1.165, 1.54) is 0 Å². The van der Waals surface area contributed by atoms with Crippen molar-refractivity contribution in [1.82, 2.24) is 0 Å². The Labute approximate surface area is 329 Å². The molecule has 56 heavy (non-hydrogen) atoms. The molecule has 0 aromatic carbocycles. The summed E-state index contributed by atoms with van der Waals surface area (Å²) in [7, 11) is 0. The highest BCUT2D eigenvalue weighted by molar-refractivity contribution is 5.70. The fourth-order valence-electron chi connectivity index (χ4n) is 6.71. The third-order valence-electron chi connectivity index (χ3n) is 9.96. The summed E-state index contributed by atoms with van der Waals surface area (Å²) < 4.78 is 33.5. The summed E-state index contributed by atoms with van der Waals surface area (Å²) in [6.45, 7) is 1.59. The zero-order chi connectivity index (χ0) is 41.6. The van der Waals surface area contributed by atoms with Crippen LogP contribution in [0.4, 0.5) is 0 Å². The van der Waals surface area contributed by atoms with E-state index < -0.39 is 117 Å². The quantitative estimate of drug-likeness (QED) is 0.0369. The highest BCUT2D eigenvalue weighted by Gasteiger charge is 2.52. The van der Waals surface area contributed by atoms with E-state index in [0.29, 0.717) is 32.1 Å². The summed E-state index contributed by atoms with van der Waals surface area (Å²) in [4.78, 5) is 35.1. The van der Waals surface area contributed by atoms with Gasteiger partial charge in [0.05, 0.1) is 44.4 Å². The van der Waals surface area contributed by atoms with Gasteiger partial charge in [0.15, 0.2) is 18.7 Å². The lowest BCUT2D eigenvalue weighted by Gasteiger charge is -2.46. The summed E-state index contributed by atoms with van der Waals surface area (Å²) in [6.07, 6.45) is -7.63. The zero-order valence-electron chi connectivity index (χ0n) is 32.8. The number of carbonyl (C=O) groups excluding carboxylic acids is 2. The molecule has 0 spiro atoms. The number of unbranched alkanes of at least 4 members (excludes halogenated alkanes) is 10. The molecule has 9 N–H and O–H groups in total. The molecule has 2 heterocycles. The molecule has 328 valence electrons. The number of aliphatic hydroxyl groups excluding tert-OH is 8. The zero-order valence-corrected chi connectivity index (χ0v) is 32.8. The monoisotopic (exact) mass is 812 g/mol. The van der Waals surface area contributed by atoms with E-state index >= 15 is 0 Å². The Morgan fingerprint density at radius 1 is 0.643 bits per heavy atom. The topological polar surface area (TPSA) is 289 Å². The first kappa shape index (κ1) is 50.1. The third-order valence-corrected chi connectivity index (χ3v) is 9.96. The van der Waals surface area contributed by atoms with Crippen molar-refractivity contribution >= 4 is 17.9 Å². The van der Waals surface area contributed by atoms with Crippen molar-refractivity contribution in [1.29, 1.82) is 0 Å². The molecule has 18 nitrogen and oxygen atoms in total. The van der Waals surface area contributed by atoms with Gasteiger partial charge in [0, 0.05) is 6.92 Å². The van der Waals surface area contributed by atoms with E-state index in [-0.39, 0.29) is 13.0 Å². The second-order valence-electron chi connectivity index (χ2n) is 14.9. The van der Waals surface area contributed by atoms with Crippen LogP contribution in [0.15, 0.2) is 0 Å². The molecule has 2 aliphatic heterocycles. The van der Waals surface area contributed by atoms with Gasteiger partial charge in [-0.05, 0) is 19.3 Å². The van der Waals surface area contributed by atoms with E-state index in [4.69, 9.17) is 33.5 Å². The minimum absolute atomic E-state index is 0.227. The summed E-state index contributed by atoms with van der Waals surface area (Å²) in [5, 5.41) is 92.4. The van der Waals surface area contributed by atoms with Crippen LogP contribution in [0.2, 0.25) is 0 Å². The fraction of sp³-hybridized carbons (Fsp3) is 0.921. The lowest BCUT2D eigenvalue weighted by molar-refractivity contribution is -0.361. The molecule has 2 rings (SSSR count). The van der Waals surface area contributed by atoms with Crippen LogP contribution in [0.25, 0.3) is 0 Å². The molecule has 0 amide bonds. The van der Waals surface area contributed by atoms with Crippen molar-refractivity contribution in [3.05, 3.63) is 0 Å². The van der Waals surface area contributed by atoms with Crippen molar-refractivity contribution in [3.63, 3.8) is 0 Å². The summed E-state index contributed by atoms with van der Waals surface area (Å²) in [5.74, 6) is -2.64. The molecule has 2 fully saturated rings. The standard InChI is InChI=1S/C38H68O18/c1-3-4-12-15-25(42)19-30(46)55-36-32(48)31(47)27(20-39)53-38(36)56-35-28(22-51-23(2)40)54-37(34(50)33(35)49)52-21-26(43)17-14-11-9-7-5-6-8-10-13-16-24(41)18-29(44)45/h24-28,31-39,41-43,47-50H,3-22H2,1-2H3,(H,44,45). The largest absolute Gasteiger partial charge is 0.481 e. The number of carboxylic acid groups (broad SMARTS) is 1. The molecule has 0 aromatic heterocycles. The van der Waals surface area contributed by atoms with Crippen LogP contribution < -0.4 is 0 Å². The van der Waals surface area contributed by atoms with Gasteiger partial charge in [-0.2, -0.15) is 0 Å². The molecule has 2 saturated heterocycles. The summed E-state index contributed by atoms with van der Waals surface area (Å²) in [6, 6.07) is 0. The second kappa shape index (κ2) is 27.6. The lowest BCUT2D eigenvalue weighted by atomic mass is 9.96. The first-order chi connectivity index (χ1) is 26.7. The van der Waals surface area contributed by atoms with Gasteiger partial charge in [-0.3, -0.25) is 14.4 Å². The predicted octanol–water partition coefficient (Wildman–Crippen LogP) is 0.568. The van der Waals surface area contributed by atoms with Gasteiger partial charge in [-0.1, -0.05) is 84.0 Å². The average Bonchev–Trinajstić information content (AvgIpc) is 3.14. The molecular formula is C38H68O18. The number of aliphatic carboxylic acids is 1. The number of ether oxygens (including phenoxy) is 6. The Bertz CT molecular complexity index is 1100. The van der Waals surface area contributed by atoms with Gasteiger partial charge < -0.3 is 74.4 Å². The van der Waals surface area contributed by atoms with Crippen LogP contribution in [-0.2, 0) is 42.8 Å². The Kier molecular flexibility index (Phi) is 24.7. The van der Waals surface area contributed by atoms with Gasteiger partial charge in [-0.25, -0.2) is 0 Å². The lowest BCUT2D eigenvalue weighted by Crippen LogP contribution is -2.65. The van der Waals surface area contributed by atoms with Crippen molar-refractivity contribution in [2.75, 3.05) is 19.8 Å². The SMILES string of the molecule is CCCCCC(O)CC(=O)OC1C(OC2C(COC(C)=O)OC(OCC(O)CCCCCCCCCCCC(O)CC(=O)O)C(O)C2O)OC(CO)C(O)C1O. The highest BCUT2D eigenvalue weighted by atomic mass is 16.8. The van der Waals surface area contributed by atoms with Gasteiger partial charge in [0.1, 0.15) is 49.3 Å². The fourth-order valence-corrected chi connectivity index (χ4v) is 6.71. The Morgan fingerprint density at radius 3 is 1.71 bits per heavy atom. The van der Waals surface area contributed by atoms with E-state index in [2.05, 4.69) is 0 Å². The van der Waals surface area contributed by atoms with E-state index in [1.54, 1.807) is 0 Å². The summed E-state index contributed by atoms with van der Waals surface area (Å²) in [5.41, 5.74) is 0. The number of rotatable bonds is 29. The Hall–Kier alpha value is -2.07. The number of hydrogen-bond acceptors (Lipinski definition) is 17. The molecule has 0 bridgehead atoms. The number of carboxylic acids is 1. The molecule has 0 aliphatic carbocycles. The van der Waals surface area contributed by atoms with Gasteiger partial charge in [-0.15, -0.1) is 0 Å². The van der Waals surface area contributed by atoms with Crippen molar-refractivity contribution < 1.29 is 88.8 Å². The smallest absolute Gasteiger partial charge is 0.308 e. The maximum Gasteiger partial charge on any atom is 0.308 e. The molecule has 0 aromatic rings. The minimum atomic E-state index is -1.83. The van der Waals surface area contributed by atoms with Gasteiger partial charge in [0.25, 0.3) is 0 Å². The van der Waals surface area contributed by atoms with Crippen LogP contribution in [-0.4, -0.2) is 163 Å². The molecule has 2 aliphatic rings. The Morgan fingerprint density at radius 2 is 1.16 bits per heavy atom. The second-order valence-corrected chi connectivity index (χ2v) is 14.9. The first-order valence-corrected chi connectivity index (χ1v) is 20.2. The average molecular weight is 813 g/mol. The van der Waals surface area contributed by atoms with Crippen molar-refractivity contribution in [2.24, 2.45) is 0 Å². The van der Waals surface area contributed by atoms with Crippen LogP contribution >= 0.6 is 0 Å². The molecule has 13 unspecified atom stereocenters. The minimum Gasteiger partial charge on any atom is -0.481 e. The highest BCUT2D eigenvalue weighted by Crippen LogP contribution is 2.31. The maximum absolute atomic E-state index is 12.8.